The number of carbonyl (C=O) groups is 4. The van der Waals surface area contributed by atoms with E-state index in [9.17, 15) is 45.5 Å². The highest BCUT2D eigenvalue weighted by Crippen LogP contribution is 2.37. The Morgan fingerprint density at radius 2 is 1.00 bits per heavy atom. The van der Waals surface area contributed by atoms with Gasteiger partial charge in [-0.05, 0) is 86.8 Å². The Morgan fingerprint density at radius 1 is 0.561 bits per heavy atom. The number of alkyl halides is 6. The van der Waals surface area contributed by atoms with E-state index >= 15 is 0 Å². The lowest BCUT2D eigenvalue weighted by molar-refractivity contribution is -0.138. The molecule has 4 fully saturated rings. The molecule has 6 rings (SSSR count). The maximum atomic E-state index is 13.0. The van der Waals surface area contributed by atoms with Gasteiger partial charge in [0.2, 0.25) is 11.8 Å². The topological polar surface area (TPSA) is 105 Å². The van der Waals surface area contributed by atoms with Crippen LogP contribution < -0.4 is 10.6 Å². The van der Waals surface area contributed by atoms with Crippen LogP contribution in [0.15, 0.2) is 46.9 Å². The molecule has 2 aromatic rings. The SMILES string of the molecule is O=C(CC1CCCC1)N1CCCN(C(=O)Nc2ccc(Br)c(C(F)(F)F)c2)CC1.O=C(CC1CCCC1)N1CCCN(C(=O)Nc2cccc(C(F)(F)F)c2)CC1. The molecule has 2 aliphatic heterocycles. The van der Waals surface area contributed by atoms with E-state index in [-0.39, 0.29) is 27.7 Å². The number of nitrogens with zero attached hydrogens (tertiary/aromatic N) is 4. The van der Waals surface area contributed by atoms with Crippen LogP contribution in [0.25, 0.3) is 0 Å². The molecule has 0 spiro atoms. The van der Waals surface area contributed by atoms with E-state index in [0.717, 1.165) is 43.9 Å². The van der Waals surface area contributed by atoms with Crippen molar-refractivity contribution in [3.8, 4) is 0 Å². The molecule has 0 bridgehead atoms. The number of anilines is 2. The summed E-state index contributed by atoms with van der Waals surface area (Å²) < 4.78 is 77.5. The molecule has 2 aliphatic carbocycles. The zero-order valence-corrected chi connectivity index (χ0v) is 33.5. The van der Waals surface area contributed by atoms with E-state index in [2.05, 4.69) is 26.6 Å². The summed E-state index contributed by atoms with van der Waals surface area (Å²) in [5, 5.41) is 5.08. The van der Waals surface area contributed by atoms with Gasteiger partial charge in [0.05, 0.1) is 11.1 Å². The maximum absolute atomic E-state index is 13.0. The first-order valence-corrected chi connectivity index (χ1v) is 20.6. The zero-order chi connectivity index (χ0) is 41.2. The van der Waals surface area contributed by atoms with Gasteiger partial charge in [0.25, 0.3) is 0 Å². The predicted molar refractivity (Wildman–Crippen MR) is 207 cm³/mol. The van der Waals surface area contributed by atoms with Gasteiger partial charge in [-0.1, -0.05) is 47.7 Å². The minimum Gasteiger partial charge on any atom is -0.341 e. The summed E-state index contributed by atoms with van der Waals surface area (Å²) in [7, 11) is 0. The third-order valence-corrected chi connectivity index (χ3v) is 11.8. The summed E-state index contributed by atoms with van der Waals surface area (Å²) >= 11 is 2.89. The summed E-state index contributed by atoms with van der Waals surface area (Å²) in [5.74, 6) is 1.25. The number of hydrogen-bond donors (Lipinski definition) is 2. The van der Waals surface area contributed by atoms with Gasteiger partial charge in [-0.25, -0.2) is 9.59 Å². The van der Waals surface area contributed by atoms with Gasteiger partial charge in [-0.15, -0.1) is 0 Å². The molecule has 2 heterocycles. The van der Waals surface area contributed by atoms with Crippen molar-refractivity contribution in [3.63, 3.8) is 0 Å². The molecule has 17 heteroatoms. The summed E-state index contributed by atoms with van der Waals surface area (Å²) in [6.07, 6.45) is 2.73. The number of hydrogen-bond acceptors (Lipinski definition) is 4. The standard InChI is InChI=1S/C20H25BrF3N3O2.C20H26F3N3O2/c21-17-7-6-15(13-16(17)20(22,23)24)25-19(29)27-9-3-8-26(10-11-27)18(28)12-14-4-1-2-5-14;21-20(22,23)16-7-3-8-17(14-16)24-19(28)26-10-4-9-25(11-12-26)18(27)13-15-5-1-2-6-15/h6-7,13-14H,1-5,8-12H2,(H,25,29);3,7-8,14-15H,1-2,4-6,9-13H2,(H,24,28). The van der Waals surface area contributed by atoms with Crippen LogP contribution in [0.3, 0.4) is 0 Å². The summed E-state index contributed by atoms with van der Waals surface area (Å²) in [5.41, 5.74) is -1.44. The smallest absolute Gasteiger partial charge is 0.341 e. The van der Waals surface area contributed by atoms with Gasteiger partial charge in [-0.2, -0.15) is 26.3 Å². The van der Waals surface area contributed by atoms with Gasteiger partial charge in [-0.3, -0.25) is 9.59 Å². The molecule has 6 amide bonds. The summed E-state index contributed by atoms with van der Waals surface area (Å²) in [6, 6.07) is 7.30. The van der Waals surface area contributed by atoms with Gasteiger partial charge in [0.15, 0.2) is 0 Å². The second-order valence-electron chi connectivity index (χ2n) is 15.3. The second-order valence-corrected chi connectivity index (χ2v) is 16.1. The van der Waals surface area contributed by atoms with Crippen molar-refractivity contribution in [2.75, 3.05) is 63.0 Å². The number of amides is 6. The third-order valence-electron chi connectivity index (χ3n) is 11.1. The first kappa shape index (κ1) is 44.1. The highest BCUT2D eigenvalue weighted by atomic mass is 79.9. The van der Waals surface area contributed by atoms with Crippen LogP contribution in [0.1, 0.15) is 88.2 Å². The number of halogens is 7. The monoisotopic (exact) mass is 872 g/mol. The number of benzene rings is 2. The highest BCUT2D eigenvalue weighted by molar-refractivity contribution is 9.10. The van der Waals surface area contributed by atoms with E-state index in [1.54, 1.807) is 9.80 Å². The molecule has 57 heavy (non-hydrogen) atoms. The van der Waals surface area contributed by atoms with Crippen LogP contribution in [0.5, 0.6) is 0 Å². The fraction of sp³-hybridized carbons (Fsp3) is 0.600. The average Bonchev–Trinajstić information content (AvgIpc) is 3.73. The van der Waals surface area contributed by atoms with Crippen molar-refractivity contribution in [2.45, 2.75) is 89.4 Å². The first-order valence-electron chi connectivity index (χ1n) is 19.8. The molecule has 2 saturated carbocycles. The van der Waals surface area contributed by atoms with Crippen LogP contribution in [0.4, 0.5) is 47.3 Å². The fourth-order valence-corrected chi connectivity index (χ4v) is 8.39. The lowest BCUT2D eigenvalue weighted by Gasteiger charge is -2.23. The molecule has 4 aliphatic rings. The van der Waals surface area contributed by atoms with E-state index in [1.807, 2.05) is 9.80 Å². The summed E-state index contributed by atoms with van der Waals surface area (Å²) in [6.45, 7) is 3.80. The maximum Gasteiger partial charge on any atom is 0.417 e. The minimum absolute atomic E-state index is 0.0748. The van der Waals surface area contributed by atoms with Crippen molar-refractivity contribution in [2.24, 2.45) is 11.8 Å². The van der Waals surface area contributed by atoms with Crippen LogP contribution >= 0.6 is 15.9 Å². The molecule has 0 aromatic heterocycles. The van der Waals surface area contributed by atoms with Gasteiger partial charge >= 0.3 is 24.4 Å². The highest BCUT2D eigenvalue weighted by Gasteiger charge is 2.34. The van der Waals surface area contributed by atoms with Crippen LogP contribution in [-0.4, -0.2) is 95.8 Å². The molecule has 2 N–H and O–H groups in total. The Kier molecular flexibility index (Phi) is 15.5. The molecule has 314 valence electrons. The lowest BCUT2D eigenvalue weighted by atomic mass is 10.0. The number of nitrogens with one attached hydrogen (secondary N) is 2. The van der Waals surface area contributed by atoms with E-state index in [4.69, 9.17) is 0 Å². The molecule has 2 aromatic carbocycles. The zero-order valence-electron chi connectivity index (χ0n) is 31.9. The fourth-order valence-electron chi connectivity index (χ4n) is 7.92. The van der Waals surface area contributed by atoms with Crippen LogP contribution in [-0.2, 0) is 21.9 Å². The second kappa shape index (κ2) is 20.1. The predicted octanol–water partition coefficient (Wildman–Crippen LogP) is 9.47. The van der Waals surface area contributed by atoms with E-state index in [1.165, 1.54) is 49.9 Å². The third kappa shape index (κ3) is 13.3. The van der Waals surface area contributed by atoms with Gasteiger partial charge in [0.1, 0.15) is 0 Å². The van der Waals surface area contributed by atoms with Crippen molar-refractivity contribution < 1.29 is 45.5 Å². The number of rotatable bonds is 6. The van der Waals surface area contributed by atoms with Crippen molar-refractivity contribution in [1.82, 2.24) is 19.6 Å². The molecule has 0 radical (unpaired) electrons. The average molecular weight is 874 g/mol. The van der Waals surface area contributed by atoms with Crippen molar-refractivity contribution in [3.05, 3.63) is 58.1 Å². The molecule has 10 nitrogen and oxygen atoms in total. The quantitative estimate of drug-likeness (QED) is 0.282. The molecular weight excluding hydrogens is 822 g/mol. The Labute approximate surface area is 337 Å². The first-order chi connectivity index (χ1) is 27.1. The largest absolute Gasteiger partial charge is 0.417 e. The molecule has 2 saturated heterocycles. The van der Waals surface area contributed by atoms with E-state index < -0.39 is 35.5 Å². The van der Waals surface area contributed by atoms with Crippen molar-refractivity contribution >= 4 is 51.2 Å². The van der Waals surface area contributed by atoms with Crippen LogP contribution in [0.2, 0.25) is 0 Å². The lowest BCUT2D eigenvalue weighted by Crippen LogP contribution is -2.39. The normalized spacial score (nSPS) is 18.7. The molecule has 0 atom stereocenters. The number of urea groups is 2. The summed E-state index contributed by atoms with van der Waals surface area (Å²) in [4.78, 5) is 56.8. The van der Waals surface area contributed by atoms with Gasteiger partial charge in [0, 0.05) is 81.0 Å². The Hall–Kier alpha value is -4.02. The number of carbonyl (C=O) groups excluding carboxylic acids is 4. The van der Waals surface area contributed by atoms with Crippen molar-refractivity contribution in [1.29, 1.82) is 0 Å². The van der Waals surface area contributed by atoms with Crippen LogP contribution in [0, 0.1) is 11.8 Å². The Bertz CT molecular complexity index is 1700. The Balaban J connectivity index is 0.000000218. The Morgan fingerprint density at radius 3 is 1.46 bits per heavy atom. The molecule has 0 unspecified atom stereocenters. The van der Waals surface area contributed by atoms with E-state index in [0.29, 0.717) is 89.9 Å². The van der Waals surface area contributed by atoms with Gasteiger partial charge < -0.3 is 30.2 Å². The minimum atomic E-state index is -4.51. The molecular formula is C40H51BrF6N6O4.